The minimum atomic E-state index is -3.83. The summed E-state index contributed by atoms with van der Waals surface area (Å²) < 4.78 is 51.0. The van der Waals surface area contributed by atoms with Gasteiger partial charge in [-0.2, -0.15) is 8.42 Å². The van der Waals surface area contributed by atoms with Gasteiger partial charge in [0.25, 0.3) is 10.2 Å². The molecule has 0 aliphatic carbocycles. The Balaban J connectivity index is 1.82. The number of carbonyl (C=O) groups excluding carboxylic acids is 1. The normalized spacial score (nSPS) is 12.7. The molecular weight excluding hydrogens is 510 g/mol. The molecule has 0 spiro atoms. The first-order valence-electron chi connectivity index (χ1n) is 10.7. The van der Waals surface area contributed by atoms with E-state index in [-0.39, 0.29) is 13.0 Å². The van der Waals surface area contributed by atoms with Crippen molar-refractivity contribution in [3.63, 3.8) is 0 Å². The van der Waals surface area contributed by atoms with E-state index in [1.54, 1.807) is 30.3 Å². The Hall–Kier alpha value is -2.84. The van der Waals surface area contributed by atoms with E-state index in [9.17, 15) is 21.6 Å². The molecule has 0 aliphatic heterocycles. The summed E-state index contributed by atoms with van der Waals surface area (Å²) >= 11 is 1.24. The van der Waals surface area contributed by atoms with E-state index >= 15 is 0 Å². The Morgan fingerprint density at radius 1 is 1.03 bits per heavy atom. The summed E-state index contributed by atoms with van der Waals surface area (Å²) in [6.45, 7) is 0.0737. The minimum Gasteiger partial charge on any atom is -0.300 e. The number of nitrogens with two attached hydrogens (primary N) is 1. The van der Waals surface area contributed by atoms with Crippen molar-refractivity contribution in [2.45, 2.75) is 25.3 Å². The first-order valence-corrected chi connectivity index (χ1v) is 15.0. The van der Waals surface area contributed by atoms with Crippen molar-refractivity contribution in [2.24, 2.45) is 5.14 Å². The number of unbranched alkanes of at least 4 members (excludes halogenated alkanes) is 1. The molecule has 1 amide bonds. The number of nitrogens with one attached hydrogen (secondary N) is 2. The quantitative estimate of drug-likeness (QED) is 0.302. The number of para-hydroxylation sites is 1. The fraction of sp³-hybridized carbons (Fsp3) is 0.273. The van der Waals surface area contributed by atoms with Crippen LogP contribution in [0.25, 0.3) is 11.3 Å². The Labute approximate surface area is 209 Å². The third-order valence-electron chi connectivity index (χ3n) is 4.97. The number of nitrogens with zero attached hydrogens (tertiary/aromatic N) is 2. The number of aromatic nitrogens is 1. The van der Waals surface area contributed by atoms with Gasteiger partial charge in [0.05, 0.1) is 17.6 Å². The second-order valence-corrected chi connectivity index (χ2v) is 11.8. The lowest BCUT2D eigenvalue weighted by atomic mass is 10.1. The van der Waals surface area contributed by atoms with Gasteiger partial charge in [0, 0.05) is 17.5 Å². The molecule has 2 aromatic carbocycles. The van der Waals surface area contributed by atoms with Crippen LogP contribution in [0.15, 0.2) is 66.0 Å². The summed E-state index contributed by atoms with van der Waals surface area (Å²) in [7, 11) is -7.66. The van der Waals surface area contributed by atoms with E-state index in [0.29, 0.717) is 29.4 Å². The Morgan fingerprint density at radius 3 is 2.26 bits per heavy atom. The molecule has 0 unspecified atom stereocenters. The Morgan fingerprint density at radius 2 is 1.66 bits per heavy atom. The SMILES string of the molecule is CS(=O)(=O)N(c1ccccc1)[C@@H](CCCCNS(N)(=O)=O)C(=O)Nc1nc(-c2ccccc2)cs1. The van der Waals surface area contributed by atoms with E-state index in [0.717, 1.165) is 16.1 Å². The van der Waals surface area contributed by atoms with Gasteiger partial charge < -0.3 is 5.32 Å². The van der Waals surface area contributed by atoms with E-state index in [1.807, 2.05) is 35.7 Å². The highest BCUT2D eigenvalue weighted by Crippen LogP contribution is 2.27. The predicted octanol–water partition coefficient (Wildman–Crippen LogP) is 2.55. The van der Waals surface area contributed by atoms with Gasteiger partial charge in [-0.1, -0.05) is 48.5 Å². The van der Waals surface area contributed by atoms with Gasteiger partial charge >= 0.3 is 0 Å². The summed E-state index contributed by atoms with van der Waals surface area (Å²) in [5, 5.41) is 9.84. The van der Waals surface area contributed by atoms with Gasteiger partial charge in [-0.05, 0) is 31.4 Å². The molecular formula is C22H27N5O5S3. The molecule has 3 aromatic rings. The highest BCUT2D eigenvalue weighted by atomic mass is 32.2. The summed E-state index contributed by atoms with van der Waals surface area (Å²) in [6, 6.07) is 16.7. The van der Waals surface area contributed by atoms with Crippen LogP contribution in [0.2, 0.25) is 0 Å². The number of rotatable bonds is 12. The van der Waals surface area contributed by atoms with Crippen LogP contribution < -0.4 is 19.5 Å². The molecule has 3 rings (SSSR count). The standard InChI is InChI=1S/C22H27N5O5S3/c1-34(29,30)27(18-12-6-3-7-13-18)20(14-8-9-15-24-35(23,31)32)21(28)26-22-25-19(16-33-22)17-10-4-2-5-11-17/h2-7,10-13,16,20,24H,8-9,14-15H2,1H3,(H2,23,31,32)(H,25,26,28)/t20-/m0/s1. The summed E-state index contributed by atoms with van der Waals surface area (Å²) in [6.07, 6.45) is 1.92. The number of benzene rings is 2. The van der Waals surface area contributed by atoms with Crippen LogP contribution in [0, 0.1) is 0 Å². The summed E-state index contributed by atoms with van der Waals surface area (Å²) in [5.41, 5.74) is 1.94. The van der Waals surface area contributed by atoms with Crippen LogP contribution in [0.5, 0.6) is 0 Å². The van der Waals surface area contributed by atoms with Crippen LogP contribution in [-0.2, 0) is 25.0 Å². The molecule has 0 bridgehead atoms. The molecule has 0 saturated heterocycles. The molecule has 35 heavy (non-hydrogen) atoms. The second-order valence-electron chi connectivity index (χ2n) is 7.74. The molecule has 0 saturated carbocycles. The van der Waals surface area contributed by atoms with Gasteiger partial charge in [0.2, 0.25) is 15.9 Å². The molecule has 1 aromatic heterocycles. The van der Waals surface area contributed by atoms with E-state index in [4.69, 9.17) is 5.14 Å². The molecule has 13 heteroatoms. The average molecular weight is 538 g/mol. The smallest absolute Gasteiger partial charge is 0.274 e. The highest BCUT2D eigenvalue weighted by molar-refractivity contribution is 7.92. The number of hydrogen-bond acceptors (Lipinski definition) is 7. The third-order valence-corrected chi connectivity index (χ3v) is 7.51. The van der Waals surface area contributed by atoms with E-state index < -0.39 is 32.2 Å². The van der Waals surface area contributed by atoms with Crippen molar-refractivity contribution in [3.05, 3.63) is 66.0 Å². The van der Waals surface area contributed by atoms with E-state index in [1.165, 1.54) is 11.3 Å². The maximum absolute atomic E-state index is 13.4. The molecule has 0 aliphatic rings. The number of sulfonamides is 1. The van der Waals surface area contributed by atoms with Gasteiger partial charge in [-0.3, -0.25) is 9.10 Å². The fourth-order valence-corrected chi connectivity index (χ4v) is 5.79. The summed E-state index contributed by atoms with van der Waals surface area (Å²) in [4.78, 5) is 17.8. The molecule has 0 fully saturated rings. The van der Waals surface area contributed by atoms with Crippen molar-refractivity contribution < 1.29 is 21.6 Å². The third kappa shape index (κ3) is 8.11. The lowest BCUT2D eigenvalue weighted by Gasteiger charge is -2.30. The van der Waals surface area contributed by atoms with Crippen molar-refractivity contribution >= 4 is 48.3 Å². The lowest BCUT2D eigenvalue weighted by molar-refractivity contribution is -0.117. The van der Waals surface area contributed by atoms with Crippen molar-refractivity contribution in [1.82, 2.24) is 9.71 Å². The first kappa shape index (κ1) is 26.8. The predicted molar refractivity (Wildman–Crippen MR) is 139 cm³/mol. The molecule has 0 radical (unpaired) electrons. The van der Waals surface area contributed by atoms with Crippen LogP contribution in [0.1, 0.15) is 19.3 Å². The van der Waals surface area contributed by atoms with Gasteiger partial charge in [0.1, 0.15) is 6.04 Å². The maximum Gasteiger partial charge on any atom is 0.274 e. The minimum absolute atomic E-state index is 0.0737. The van der Waals surface area contributed by atoms with E-state index in [2.05, 4.69) is 15.0 Å². The van der Waals surface area contributed by atoms with Gasteiger partial charge in [-0.25, -0.2) is 23.3 Å². The van der Waals surface area contributed by atoms with Crippen LogP contribution in [-0.4, -0.2) is 46.6 Å². The fourth-order valence-electron chi connectivity index (χ4n) is 3.47. The van der Waals surface area contributed by atoms with Crippen LogP contribution in [0.3, 0.4) is 0 Å². The Kier molecular flexibility index (Phi) is 8.97. The van der Waals surface area contributed by atoms with Gasteiger partial charge in [0.15, 0.2) is 5.13 Å². The monoisotopic (exact) mass is 537 g/mol. The summed E-state index contributed by atoms with van der Waals surface area (Å²) in [5.74, 6) is -0.535. The van der Waals surface area contributed by atoms with Gasteiger partial charge in [-0.15, -0.1) is 11.3 Å². The largest absolute Gasteiger partial charge is 0.300 e. The molecule has 1 atom stereocenters. The zero-order valence-corrected chi connectivity index (χ0v) is 21.4. The molecule has 4 N–H and O–H groups in total. The topological polar surface area (TPSA) is 152 Å². The zero-order valence-electron chi connectivity index (χ0n) is 19.0. The number of thiazole rings is 1. The molecule has 188 valence electrons. The Bertz CT molecular complexity index is 1330. The van der Waals surface area contributed by atoms with Crippen LogP contribution >= 0.6 is 11.3 Å². The van der Waals surface area contributed by atoms with Crippen molar-refractivity contribution in [3.8, 4) is 11.3 Å². The number of amides is 1. The maximum atomic E-state index is 13.4. The molecule has 10 nitrogen and oxygen atoms in total. The number of anilines is 2. The first-order chi connectivity index (χ1) is 16.5. The number of carbonyl (C=O) groups is 1. The average Bonchev–Trinajstić information content (AvgIpc) is 3.26. The zero-order chi connectivity index (χ0) is 25.5. The highest BCUT2D eigenvalue weighted by Gasteiger charge is 2.33. The lowest BCUT2D eigenvalue weighted by Crippen LogP contribution is -2.47. The number of hydrogen-bond donors (Lipinski definition) is 3. The van der Waals surface area contributed by atoms with Crippen LogP contribution in [0.4, 0.5) is 10.8 Å². The second kappa shape index (κ2) is 11.7. The van der Waals surface area contributed by atoms with Crippen molar-refractivity contribution in [1.29, 1.82) is 0 Å². The molecule has 1 heterocycles. The van der Waals surface area contributed by atoms with Crippen molar-refractivity contribution in [2.75, 3.05) is 22.4 Å².